The van der Waals surface area contributed by atoms with Gasteiger partial charge in [0, 0.05) is 49.2 Å². The molecule has 0 fully saturated rings. The van der Waals surface area contributed by atoms with Crippen LogP contribution in [0.25, 0.3) is 116 Å². The fourth-order valence-electron chi connectivity index (χ4n) is 8.71. The van der Waals surface area contributed by atoms with Crippen LogP contribution in [0.5, 0.6) is 0 Å². The smallest absolute Gasteiger partial charge is 0.180 e. The van der Waals surface area contributed by atoms with Gasteiger partial charge in [0.25, 0.3) is 0 Å². The topological polar surface area (TPSA) is 57.0 Å². The molecule has 5 heteroatoms. The number of furan rings is 2. The van der Waals surface area contributed by atoms with Gasteiger partial charge in [-0.15, -0.1) is 0 Å². The van der Waals surface area contributed by atoms with Crippen LogP contribution in [-0.4, -0.2) is 14.5 Å². The van der Waals surface area contributed by atoms with Gasteiger partial charge in [0.2, 0.25) is 0 Å². The highest BCUT2D eigenvalue weighted by atomic mass is 16.3. The average Bonchev–Trinajstić information content (AvgIpc) is 3.96. The molecule has 8 aromatic carbocycles. The molecule has 0 atom stereocenters. The van der Waals surface area contributed by atoms with E-state index in [-0.39, 0.29) is 0 Å². The van der Waals surface area contributed by atoms with E-state index in [4.69, 9.17) is 18.8 Å². The van der Waals surface area contributed by atoms with Crippen molar-refractivity contribution in [1.82, 2.24) is 14.5 Å². The lowest BCUT2D eigenvalue weighted by Gasteiger charge is -2.21. The van der Waals surface area contributed by atoms with Gasteiger partial charge >= 0.3 is 0 Å². The van der Waals surface area contributed by atoms with E-state index < -0.39 is 0 Å². The Bertz CT molecular complexity index is 3450. The van der Waals surface area contributed by atoms with Crippen LogP contribution >= 0.6 is 0 Å². The third-order valence-corrected chi connectivity index (χ3v) is 11.2. The minimum Gasteiger partial charge on any atom is -0.456 e. The van der Waals surface area contributed by atoms with Crippen LogP contribution in [0.15, 0.2) is 197 Å². The molecule has 12 aromatic rings. The fraction of sp³-hybridized carbons (Fsp3) is 0. The number of hydrogen-bond acceptors (Lipinski definition) is 4. The first-order valence-electron chi connectivity index (χ1n) is 19.2. The highest BCUT2D eigenvalue weighted by Crippen LogP contribution is 2.47. The van der Waals surface area contributed by atoms with Crippen LogP contribution in [0.1, 0.15) is 0 Å². The number of hydrogen-bond donors (Lipinski definition) is 0. The zero-order valence-corrected chi connectivity index (χ0v) is 30.6. The van der Waals surface area contributed by atoms with Gasteiger partial charge in [-0.25, -0.2) is 9.97 Å². The fourth-order valence-corrected chi connectivity index (χ4v) is 8.71. The van der Waals surface area contributed by atoms with Crippen molar-refractivity contribution in [1.29, 1.82) is 0 Å². The van der Waals surface area contributed by atoms with E-state index in [1.807, 2.05) is 42.5 Å². The van der Waals surface area contributed by atoms with Crippen LogP contribution < -0.4 is 0 Å². The SMILES string of the molecule is c1ccc(-c2nc(-c3cc(-c4ccccc4)c(-n4c5ccccc5c5c6c(ccc54)oc4ccccc46)c(-c4ccccc4)c3)c3oc4ccccc4c3n2)cc1. The Labute approximate surface area is 326 Å². The minimum atomic E-state index is 0.648. The van der Waals surface area contributed by atoms with Crippen LogP contribution in [-0.2, 0) is 0 Å². The number of rotatable bonds is 5. The molecule has 0 saturated carbocycles. The quantitative estimate of drug-likeness (QED) is 0.177. The van der Waals surface area contributed by atoms with Gasteiger partial charge in [-0.2, -0.15) is 0 Å². The normalized spacial score (nSPS) is 11.9. The zero-order chi connectivity index (χ0) is 37.5. The highest BCUT2D eigenvalue weighted by Gasteiger charge is 2.26. The summed E-state index contributed by atoms with van der Waals surface area (Å²) in [6.07, 6.45) is 0. The maximum atomic E-state index is 6.67. The van der Waals surface area contributed by atoms with Gasteiger partial charge < -0.3 is 13.4 Å². The molecule has 0 bridgehead atoms. The van der Waals surface area contributed by atoms with Gasteiger partial charge in [-0.05, 0) is 59.7 Å². The van der Waals surface area contributed by atoms with E-state index in [2.05, 4.69) is 150 Å². The number of para-hydroxylation sites is 3. The Morgan fingerprint density at radius 2 is 0.947 bits per heavy atom. The summed E-state index contributed by atoms with van der Waals surface area (Å²) in [5.74, 6) is 0.648. The minimum absolute atomic E-state index is 0.648. The maximum Gasteiger partial charge on any atom is 0.180 e. The van der Waals surface area contributed by atoms with E-state index in [1.54, 1.807) is 0 Å². The summed E-state index contributed by atoms with van der Waals surface area (Å²) in [5.41, 5.74) is 14.2. The molecule has 4 aromatic heterocycles. The summed E-state index contributed by atoms with van der Waals surface area (Å²) in [6, 6.07) is 65.6. The molecule has 12 rings (SSSR count). The second-order valence-corrected chi connectivity index (χ2v) is 14.5. The lowest BCUT2D eigenvalue weighted by atomic mass is 9.91. The van der Waals surface area contributed by atoms with Crippen molar-refractivity contribution in [3.8, 4) is 50.6 Å². The molecule has 0 aliphatic carbocycles. The van der Waals surface area contributed by atoms with E-state index in [1.165, 1.54) is 10.8 Å². The molecule has 0 radical (unpaired) electrons. The van der Waals surface area contributed by atoms with Gasteiger partial charge in [0.15, 0.2) is 11.4 Å². The van der Waals surface area contributed by atoms with E-state index >= 15 is 0 Å². The molecule has 0 aliphatic heterocycles. The van der Waals surface area contributed by atoms with Crippen LogP contribution in [0, 0.1) is 0 Å². The number of fused-ring (bicyclic) bond motifs is 10. The average molecular weight is 730 g/mol. The van der Waals surface area contributed by atoms with Gasteiger partial charge in [-0.3, -0.25) is 0 Å². The van der Waals surface area contributed by atoms with E-state index in [0.717, 1.165) is 94.2 Å². The van der Waals surface area contributed by atoms with E-state index in [9.17, 15) is 0 Å². The van der Waals surface area contributed by atoms with Gasteiger partial charge in [0.1, 0.15) is 28.0 Å². The molecule has 0 amide bonds. The monoisotopic (exact) mass is 729 g/mol. The zero-order valence-electron chi connectivity index (χ0n) is 30.6. The molecule has 0 saturated heterocycles. The van der Waals surface area contributed by atoms with Crippen LogP contribution in [0.3, 0.4) is 0 Å². The molecule has 4 heterocycles. The first-order chi connectivity index (χ1) is 28.3. The van der Waals surface area contributed by atoms with Crippen molar-refractivity contribution in [2.45, 2.75) is 0 Å². The first kappa shape index (κ1) is 31.6. The predicted octanol–water partition coefficient (Wildman–Crippen LogP) is 14.0. The molecule has 0 aliphatic rings. The van der Waals surface area contributed by atoms with Crippen molar-refractivity contribution in [3.63, 3.8) is 0 Å². The predicted molar refractivity (Wildman–Crippen MR) is 233 cm³/mol. The molecular formula is C52H31N3O2. The molecule has 0 spiro atoms. The van der Waals surface area contributed by atoms with Crippen molar-refractivity contribution >= 4 is 65.8 Å². The highest BCUT2D eigenvalue weighted by molar-refractivity contribution is 6.27. The Kier molecular flexibility index (Phi) is 6.86. The Balaban J connectivity index is 1.25. The number of benzene rings is 8. The summed E-state index contributed by atoms with van der Waals surface area (Å²) < 4.78 is 15.6. The largest absolute Gasteiger partial charge is 0.456 e. The molecule has 0 N–H and O–H groups in total. The van der Waals surface area contributed by atoms with E-state index in [0.29, 0.717) is 11.4 Å². The van der Waals surface area contributed by atoms with Crippen molar-refractivity contribution in [3.05, 3.63) is 188 Å². The maximum absolute atomic E-state index is 6.67. The third kappa shape index (κ3) is 4.82. The third-order valence-electron chi connectivity index (χ3n) is 11.2. The van der Waals surface area contributed by atoms with Gasteiger partial charge in [-0.1, -0.05) is 140 Å². The second-order valence-electron chi connectivity index (χ2n) is 14.5. The van der Waals surface area contributed by atoms with Crippen LogP contribution in [0.4, 0.5) is 0 Å². The standard InChI is InChI=1S/C52H31N3O2/c1-4-16-32(17-5-1)39-30-35(48-51-49(38-24-12-15-27-44(38)57-51)54-52(53-48)34-20-8-3-9-21-34)31-40(33-18-6-2-7-19-33)50(39)55-41-25-13-10-22-36(41)46-42(55)28-29-45-47(46)37-23-11-14-26-43(37)56-45/h1-31H. The van der Waals surface area contributed by atoms with Crippen molar-refractivity contribution < 1.29 is 8.83 Å². The summed E-state index contributed by atoms with van der Waals surface area (Å²) >= 11 is 0. The molecule has 0 unspecified atom stereocenters. The summed E-state index contributed by atoms with van der Waals surface area (Å²) in [5, 5.41) is 5.52. The lowest BCUT2D eigenvalue weighted by Crippen LogP contribution is -2.02. The summed E-state index contributed by atoms with van der Waals surface area (Å²) in [7, 11) is 0. The molecule has 5 nitrogen and oxygen atoms in total. The Hall–Kier alpha value is -7.76. The van der Waals surface area contributed by atoms with Crippen molar-refractivity contribution in [2.75, 3.05) is 0 Å². The Morgan fingerprint density at radius 1 is 0.386 bits per heavy atom. The first-order valence-corrected chi connectivity index (χ1v) is 19.2. The lowest BCUT2D eigenvalue weighted by molar-refractivity contribution is 0.667. The van der Waals surface area contributed by atoms with Gasteiger partial charge in [0.05, 0.1) is 16.7 Å². The Morgan fingerprint density at radius 3 is 1.63 bits per heavy atom. The van der Waals surface area contributed by atoms with Crippen molar-refractivity contribution in [2.24, 2.45) is 0 Å². The summed E-state index contributed by atoms with van der Waals surface area (Å²) in [4.78, 5) is 10.5. The molecule has 266 valence electrons. The number of aromatic nitrogens is 3. The summed E-state index contributed by atoms with van der Waals surface area (Å²) in [6.45, 7) is 0. The molecule has 57 heavy (non-hydrogen) atoms. The molecular weight excluding hydrogens is 699 g/mol. The number of nitrogens with zero attached hydrogens (tertiary/aromatic N) is 3. The second kappa shape index (κ2) is 12.4. The van der Waals surface area contributed by atoms with Crippen LogP contribution in [0.2, 0.25) is 0 Å².